The van der Waals surface area contributed by atoms with Crippen LogP contribution in [0.25, 0.3) is 10.7 Å². The van der Waals surface area contributed by atoms with Crippen molar-refractivity contribution < 1.29 is 18.0 Å². The average Bonchev–Trinajstić information content (AvgIpc) is 3.21. The number of hydrogen-bond acceptors (Lipinski definition) is 8. The predicted octanol–water partition coefficient (Wildman–Crippen LogP) is 1.96. The molecule has 4 heterocycles. The summed E-state index contributed by atoms with van der Waals surface area (Å²) in [7, 11) is 1.60. The zero-order valence-corrected chi connectivity index (χ0v) is 17.2. The van der Waals surface area contributed by atoms with Gasteiger partial charge in [-0.05, 0) is 12.1 Å². The van der Waals surface area contributed by atoms with Gasteiger partial charge in [0.05, 0.1) is 19.3 Å². The lowest BCUT2D eigenvalue weighted by atomic mass is 10.3. The Labute approximate surface area is 179 Å². The topological polar surface area (TPSA) is 114 Å². The van der Waals surface area contributed by atoms with E-state index in [1.807, 2.05) is 0 Å². The third-order valence-electron chi connectivity index (χ3n) is 4.65. The highest BCUT2D eigenvalue weighted by Gasteiger charge is 2.35. The number of amides is 1. The standard InChI is InChI=1S/C18H19F3N8OS/c1-28-17(29-6-5-23-8-18(20,21)9-29)11(7-25-28)26-15(30)13-14(22)31-16(27-13)12-10(19)3-2-4-24-12/h2-4,7,23H,5-6,8-9,22H2,1H3,(H,26,30). The first-order valence-electron chi connectivity index (χ1n) is 9.29. The summed E-state index contributed by atoms with van der Waals surface area (Å²) in [5, 5.41) is 9.65. The maximum Gasteiger partial charge on any atom is 0.277 e. The van der Waals surface area contributed by atoms with E-state index >= 15 is 0 Å². The van der Waals surface area contributed by atoms with E-state index in [1.54, 1.807) is 7.05 Å². The molecule has 3 aromatic rings. The molecule has 1 aliphatic heterocycles. The summed E-state index contributed by atoms with van der Waals surface area (Å²) in [6, 6.07) is 2.67. The van der Waals surface area contributed by atoms with Crippen LogP contribution in [-0.2, 0) is 7.05 Å². The molecule has 9 nitrogen and oxygen atoms in total. The number of alkyl halides is 2. The Balaban J connectivity index is 1.60. The largest absolute Gasteiger partial charge is 0.389 e. The number of aromatic nitrogens is 4. The van der Waals surface area contributed by atoms with Crippen LogP contribution in [0.15, 0.2) is 24.5 Å². The average molecular weight is 452 g/mol. The van der Waals surface area contributed by atoms with Crippen molar-refractivity contribution in [3.05, 3.63) is 36.0 Å². The molecule has 0 aromatic carbocycles. The summed E-state index contributed by atoms with van der Waals surface area (Å²) >= 11 is 0.925. The van der Waals surface area contributed by atoms with Gasteiger partial charge in [0.25, 0.3) is 11.8 Å². The zero-order valence-electron chi connectivity index (χ0n) is 16.4. The van der Waals surface area contributed by atoms with Gasteiger partial charge in [0.1, 0.15) is 21.4 Å². The molecule has 0 bridgehead atoms. The number of nitrogen functional groups attached to an aromatic ring is 1. The number of carbonyl (C=O) groups is 1. The van der Waals surface area contributed by atoms with Crippen molar-refractivity contribution in [3.63, 3.8) is 0 Å². The van der Waals surface area contributed by atoms with Gasteiger partial charge >= 0.3 is 0 Å². The van der Waals surface area contributed by atoms with Gasteiger partial charge < -0.3 is 21.3 Å². The molecule has 4 N–H and O–H groups in total. The minimum absolute atomic E-state index is 0.0142. The van der Waals surface area contributed by atoms with E-state index in [0.717, 1.165) is 11.3 Å². The summed E-state index contributed by atoms with van der Waals surface area (Å²) in [6.45, 7) is -0.290. The Morgan fingerprint density at radius 3 is 3.00 bits per heavy atom. The normalized spacial score (nSPS) is 16.2. The summed E-state index contributed by atoms with van der Waals surface area (Å²) in [6.07, 6.45) is 2.77. The number of aryl methyl sites for hydroxylation is 1. The van der Waals surface area contributed by atoms with Crippen molar-refractivity contribution >= 4 is 33.8 Å². The Kier molecular flexibility index (Phi) is 5.54. The lowest BCUT2D eigenvalue weighted by Crippen LogP contribution is -2.39. The smallest absolute Gasteiger partial charge is 0.277 e. The Bertz CT molecular complexity index is 1120. The number of nitrogens with two attached hydrogens (primary N) is 1. The highest BCUT2D eigenvalue weighted by atomic mass is 32.1. The van der Waals surface area contributed by atoms with Crippen molar-refractivity contribution in [3.8, 4) is 10.7 Å². The van der Waals surface area contributed by atoms with Crippen LogP contribution < -0.4 is 21.3 Å². The van der Waals surface area contributed by atoms with Crippen LogP contribution in [-0.4, -0.2) is 57.8 Å². The minimum Gasteiger partial charge on any atom is -0.389 e. The van der Waals surface area contributed by atoms with Gasteiger partial charge in [0.15, 0.2) is 17.3 Å². The van der Waals surface area contributed by atoms with Crippen molar-refractivity contribution in [2.45, 2.75) is 5.92 Å². The zero-order chi connectivity index (χ0) is 22.2. The Morgan fingerprint density at radius 1 is 1.42 bits per heavy atom. The van der Waals surface area contributed by atoms with E-state index in [9.17, 15) is 18.0 Å². The second kappa shape index (κ2) is 8.15. The molecule has 3 aromatic heterocycles. The molecular formula is C18H19F3N8OS. The van der Waals surface area contributed by atoms with Gasteiger partial charge in [-0.1, -0.05) is 11.3 Å². The summed E-state index contributed by atoms with van der Waals surface area (Å²) in [5.41, 5.74) is 6.05. The fraction of sp³-hybridized carbons (Fsp3) is 0.333. The molecule has 0 spiro atoms. The lowest BCUT2D eigenvalue weighted by molar-refractivity contribution is 0.0155. The van der Waals surface area contributed by atoms with Gasteiger partial charge in [0, 0.05) is 26.3 Å². The minimum atomic E-state index is -2.94. The van der Waals surface area contributed by atoms with Crippen molar-refractivity contribution in [1.29, 1.82) is 0 Å². The van der Waals surface area contributed by atoms with E-state index in [2.05, 4.69) is 25.7 Å². The third kappa shape index (κ3) is 4.32. The molecule has 0 radical (unpaired) electrons. The van der Waals surface area contributed by atoms with Gasteiger partial charge in [-0.2, -0.15) is 5.10 Å². The van der Waals surface area contributed by atoms with E-state index < -0.39 is 30.7 Å². The molecule has 13 heteroatoms. The predicted molar refractivity (Wildman–Crippen MR) is 111 cm³/mol. The summed E-state index contributed by atoms with van der Waals surface area (Å²) in [4.78, 5) is 22.4. The van der Waals surface area contributed by atoms with Crippen LogP contribution in [0.2, 0.25) is 0 Å². The molecule has 1 saturated heterocycles. The van der Waals surface area contributed by atoms with Gasteiger partial charge in [-0.25, -0.2) is 18.2 Å². The maximum absolute atomic E-state index is 14.1. The first kappa shape index (κ1) is 21.1. The van der Waals surface area contributed by atoms with Crippen molar-refractivity contribution in [2.24, 2.45) is 7.05 Å². The first-order chi connectivity index (χ1) is 14.7. The molecule has 31 heavy (non-hydrogen) atoms. The molecule has 1 amide bonds. The van der Waals surface area contributed by atoms with E-state index in [4.69, 9.17) is 5.73 Å². The monoisotopic (exact) mass is 452 g/mol. The highest BCUT2D eigenvalue weighted by molar-refractivity contribution is 7.19. The second-order valence-electron chi connectivity index (χ2n) is 6.98. The lowest BCUT2D eigenvalue weighted by Gasteiger charge is -2.26. The van der Waals surface area contributed by atoms with Crippen LogP contribution in [0.5, 0.6) is 0 Å². The molecule has 0 unspecified atom stereocenters. The van der Waals surface area contributed by atoms with Gasteiger partial charge in [-0.15, -0.1) is 0 Å². The fourth-order valence-corrected chi connectivity index (χ4v) is 4.12. The number of nitrogens with zero attached hydrogens (tertiary/aromatic N) is 5. The number of anilines is 3. The molecule has 0 saturated carbocycles. The number of nitrogens with one attached hydrogen (secondary N) is 2. The number of pyridine rings is 1. The van der Waals surface area contributed by atoms with Crippen LogP contribution in [0.1, 0.15) is 10.5 Å². The number of thiazole rings is 1. The quantitative estimate of drug-likeness (QED) is 0.555. The summed E-state index contributed by atoms with van der Waals surface area (Å²) < 4.78 is 43.5. The maximum atomic E-state index is 14.1. The van der Waals surface area contributed by atoms with Crippen LogP contribution in [0.3, 0.4) is 0 Å². The fourth-order valence-electron chi connectivity index (χ4n) is 3.30. The molecule has 0 atom stereocenters. The molecule has 0 aliphatic carbocycles. The van der Waals surface area contributed by atoms with Crippen LogP contribution in [0, 0.1) is 5.82 Å². The molecule has 4 rings (SSSR count). The second-order valence-corrected chi connectivity index (χ2v) is 8.01. The number of carbonyl (C=O) groups excluding carboxylic acids is 1. The third-order valence-corrected chi connectivity index (χ3v) is 5.54. The molecule has 1 fully saturated rings. The van der Waals surface area contributed by atoms with Crippen molar-refractivity contribution in [2.75, 3.05) is 42.1 Å². The van der Waals surface area contributed by atoms with Crippen molar-refractivity contribution in [1.82, 2.24) is 25.1 Å². The summed E-state index contributed by atoms with van der Waals surface area (Å²) in [5.74, 6) is -3.86. The van der Waals surface area contributed by atoms with Crippen LogP contribution >= 0.6 is 11.3 Å². The number of hydrogen-bond donors (Lipinski definition) is 3. The van der Waals surface area contributed by atoms with Gasteiger partial charge in [0.2, 0.25) is 0 Å². The van der Waals surface area contributed by atoms with Crippen LogP contribution in [0.4, 0.5) is 29.7 Å². The first-order valence-corrected chi connectivity index (χ1v) is 10.1. The number of rotatable bonds is 4. The van der Waals surface area contributed by atoms with E-state index in [0.29, 0.717) is 18.9 Å². The molecule has 1 aliphatic rings. The Hall–Kier alpha value is -3.19. The molecular weight excluding hydrogens is 433 g/mol. The van der Waals surface area contributed by atoms with Gasteiger partial charge in [-0.3, -0.25) is 14.5 Å². The number of halogens is 3. The van der Waals surface area contributed by atoms with E-state index in [-0.39, 0.29) is 27.1 Å². The Morgan fingerprint density at radius 2 is 2.23 bits per heavy atom. The molecule has 164 valence electrons. The highest BCUT2D eigenvalue weighted by Crippen LogP contribution is 2.32. The van der Waals surface area contributed by atoms with E-state index in [1.165, 1.54) is 34.1 Å². The SMILES string of the molecule is Cn1ncc(NC(=O)c2nc(-c3ncccc3F)sc2N)c1N1CCNCC(F)(F)C1.